The minimum atomic E-state index is 0.643. The second kappa shape index (κ2) is 6.95. The molecule has 3 nitrogen and oxygen atoms in total. The van der Waals surface area contributed by atoms with Gasteiger partial charge in [-0.25, -0.2) is 4.98 Å². The van der Waals surface area contributed by atoms with E-state index in [9.17, 15) is 0 Å². The van der Waals surface area contributed by atoms with E-state index in [2.05, 4.69) is 41.2 Å². The number of fused-ring (bicyclic) bond motifs is 1. The highest BCUT2D eigenvalue weighted by Crippen LogP contribution is 2.24. The molecule has 0 spiro atoms. The first-order valence-electron chi connectivity index (χ1n) is 8.27. The summed E-state index contributed by atoms with van der Waals surface area (Å²) in [6.45, 7) is 2.06. The Labute approximate surface area is 157 Å². The minimum Gasteiger partial charge on any atom is -0.339 e. The van der Waals surface area contributed by atoms with Crippen LogP contribution in [0.3, 0.4) is 0 Å². The molecule has 4 aromatic rings. The van der Waals surface area contributed by atoms with Gasteiger partial charge in [-0.15, -0.1) is 0 Å². The number of aromatic nitrogens is 2. The van der Waals surface area contributed by atoms with E-state index in [1.807, 2.05) is 65.2 Å². The Balaban J connectivity index is 1.83. The molecule has 0 aliphatic rings. The Kier molecular flexibility index (Phi) is 4.35. The SMILES string of the molecule is Cc1cccc(Nc2c(C#Cc3ccccc3)nc3ccc(Cl)cn23)c1. The Bertz CT molecular complexity index is 1130. The molecule has 0 bridgehead atoms. The van der Waals surface area contributed by atoms with Gasteiger partial charge in [0.15, 0.2) is 11.5 Å². The Morgan fingerprint density at radius 1 is 0.962 bits per heavy atom. The largest absolute Gasteiger partial charge is 0.339 e. The van der Waals surface area contributed by atoms with Crippen molar-refractivity contribution >= 4 is 28.8 Å². The second-order valence-electron chi connectivity index (χ2n) is 6.00. The third kappa shape index (κ3) is 3.42. The van der Waals surface area contributed by atoms with Crippen LogP contribution in [0.4, 0.5) is 11.5 Å². The van der Waals surface area contributed by atoms with Gasteiger partial charge in [0.1, 0.15) is 5.65 Å². The molecule has 0 unspecified atom stereocenters. The van der Waals surface area contributed by atoms with Gasteiger partial charge in [-0.05, 0) is 54.8 Å². The molecule has 2 aromatic heterocycles. The van der Waals surface area contributed by atoms with Crippen LogP contribution in [0, 0.1) is 18.8 Å². The molecule has 0 fully saturated rings. The quantitative estimate of drug-likeness (QED) is 0.484. The number of pyridine rings is 1. The summed E-state index contributed by atoms with van der Waals surface area (Å²) in [5, 5.41) is 4.08. The molecule has 126 valence electrons. The second-order valence-corrected chi connectivity index (χ2v) is 6.43. The molecule has 0 aliphatic carbocycles. The normalized spacial score (nSPS) is 10.4. The molecule has 2 aromatic carbocycles. The highest BCUT2D eigenvalue weighted by molar-refractivity contribution is 6.30. The third-order valence-electron chi connectivity index (χ3n) is 3.96. The standard InChI is InChI=1S/C22H16ClN3/c1-16-6-5-9-19(14-16)24-22-20(12-10-17-7-3-2-4-8-17)25-21-13-11-18(23)15-26(21)22/h2-9,11,13-15,24H,1H3. The van der Waals surface area contributed by atoms with Crippen LogP contribution in [0.2, 0.25) is 5.02 Å². The molecule has 4 rings (SSSR count). The molecule has 0 amide bonds. The first-order chi connectivity index (χ1) is 12.7. The van der Waals surface area contributed by atoms with Crippen molar-refractivity contribution in [3.63, 3.8) is 0 Å². The van der Waals surface area contributed by atoms with Crippen LogP contribution >= 0.6 is 11.6 Å². The maximum atomic E-state index is 6.19. The number of nitrogens with one attached hydrogen (secondary N) is 1. The lowest BCUT2D eigenvalue weighted by molar-refractivity contribution is 1.18. The average Bonchev–Trinajstić information content (AvgIpc) is 2.98. The van der Waals surface area contributed by atoms with Crippen molar-refractivity contribution in [2.45, 2.75) is 6.92 Å². The summed E-state index contributed by atoms with van der Waals surface area (Å²) in [4.78, 5) is 4.66. The molecule has 0 saturated carbocycles. The van der Waals surface area contributed by atoms with E-state index >= 15 is 0 Å². The number of rotatable bonds is 2. The maximum Gasteiger partial charge on any atom is 0.157 e. The van der Waals surface area contributed by atoms with Crippen LogP contribution in [-0.4, -0.2) is 9.38 Å². The van der Waals surface area contributed by atoms with Crippen LogP contribution in [0.25, 0.3) is 5.65 Å². The minimum absolute atomic E-state index is 0.643. The summed E-state index contributed by atoms with van der Waals surface area (Å²) < 4.78 is 1.93. The van der Waals surface area contributed by atoms with Crippen molar-refractivity contribution in [3.05, 3.63) is 94.8 Å². The van der Waals surface area contributed by atoms with Crippen LogP contribution in [-0.2, 0) is 0 Å². The van der Waals surface area contributed by atoms with Gasteiger partial charge in [0, 0.05) is 17.4 Å². The monoisotopic (exact) mass is 357 g/mol. The number of hydrogen-bond donors (Lipinski definition) is 1. The number of aryl methyl sites for hydroxylation is 1. The third-order valence-corrected chi connectivity index (χ3v) is 4.19. The predicted molar refractivity (Wildman–Crippen MR) is 107 cm³/mol. The fraction of sp³-hybridized carbons (Fsp3) is 0.0455. The smallest absolute Gasteiger partial charge is 0.157 e. The zero-order valence-electron chi connectivity index (χ0n) is 14.2. The number of nitrogens with zero attached hydrogens (tertiary/aromatic N) is 2. The Hall–Kier alpha value is -3.22. The summed E-state index contributed by atoms with van der Waals surface area (Å²) >= 11 is 6.19. The summed E-state index contributed by atoms with van der Waals surface area (Å²) in [6, 6.07) is 21.8. The van der Waals surface area contributed by atoms with Gasteiger partial charge in [-0.3, -0.25) is 4.40 Å². The zero-order chi connectivity index (χ0) is 17.9. The molecule has 1 N–H and O–H groups in total. The van der Waals surface area contributed by atoms with Gasteiger partial charge in [0.2, 0.25) is 0 Å². The van der Waals surface area contributed by atoms with Crippen LogP contribution in [0.15, 0.2) is 72.9 Å². The number of anilines is 2. The molecule has 2 heterocycles. The van der Waals surface area contributed by atoms with Gasteiger partial charge >= 0.3 is 0 Å². The van der Waals surface area contributed by atoms with E-state index in [0.717, 1.165) is 22.7 Å². The first kappa shape index (κ1) is 16.3. The highest BCUT2D eigenvalue weighted by Gasteiger charge is 2.11. The summed E-state index contributed by atoms with van der Waals surface area (Å²) in [7, 11) is 0. The Morgan fingerprint density at radius 2 is 1.81 bits per heavy atom. The fourth-order valence-corrected chi connectivity index (χ4v) is 2.90. The van der Waals surface area contributed by atoms with Crippen molar-refractivity contribution in [2.24, 2.45) is 0 Å². The number of imidazole rings is 1. The van der Waals surface area contributed by atoms with E-state index in [0.29, 0.717) is 10.7 Å². The lowest BCUT2D eigenvalue weighted by Crippen LogP contribution is -1.97. The lowest BCUT2D eigenvalue weighted by Gasteiger charge is -2.08. The molecule has 0 atom stereocenters. The van der Waals surface area contributed by atoms with Crippen molar-refractivity contribution in [2.75, 3.05) is 5.32 Å². The van der Waals surface area contributed by atoms with Crippen LogP contribution in [0.5, 0.6) is 0 Å². The van der Waals surface area contributed by atoms with E-state index < -0.39 is 0 Å². The highest BCUT2D eigenvalue weighted by atomic mass is 35.5. The molecule has 4 heteroatoms. The number of hydrogen-bond acceptors (Lipinski definition) is 2. The topological polar surface area (TPSA) is 29.3 Å². The van der Waals surface area contributed by atoms with Gasteiger partial charge in [-0.2, -0.15) is 0 Å². The fourth-order valence-electron chi connectivity index (χ4n) is 2.74. The van der Waals surface area contributed by atoms with E-state index in [-0.39, 0.29) is 0 Å². The van der Waals surface area contributed by atoms with Crippen LogP contribution in [0.1, 0.15) is 16.8 Å². The molecule has 26 heavy (non-hydrogen) atoms. The zero-order valence-corrected chi connectivity index (χ0v) is 15.0. The van der Waals surface area contributed by atoms with E-state index in [4.69, 9.17) is 11.6 Å². The van der Waals surface area contributed by atoms with Gasteiger partial charge in [0.05, 0.1) is 5.02 Å². The summed E-state index contributed by atoms with van der Waals surface area (Å²) in [6.07, 6.45) is 1.84. The van der Waals surface area contributed by atoms with Gasteiger partial charge < -0.3 is 5.32 Å². The van der Waals surface area contributed by atoms with Crippen molar-refractivity contribution in [1.29, 1.82) is 0 Å². The molecule has 0 aliphatic heterocycles. The lowest BCUT2D eigenvalue weighted by atomic mass is 10.2. The molecular weight excluding hydrogens is 342 g/mol. The molecular formula is C22H16ClN3. The van der Waals surface area contributed by atoms with Gasteiger partial charge in [0.25, 0.3) is 0 Å². The summed E-state index contributed by atoms with van der Waals surface area (Å²) in [5.74, 6) is 7.16. The maximum absolute atomic E-state index is 6.19. The van der Waals surface area contributed by atoms with Crippen LogP contribution < -0.4 is 5.32 Å². The van der Waals surface area contributed by atoms with Crippen molar-refractivity contribution in [3.8, 4) is 11.8 Å². The predicted octanol–water partition coefficient (Wildman–Crippen LogP) is 5.44. The van der Waals surface area contributed by atoms with E-state index in [1.54, 1.807) is 0 Å². The Morgan fingerprint density at radius 3 is 2.62 bits per heavy atom. The average molecular weight is 358 g/mol. The number of halogens is 1. The summed E-state index contributed by atoms with van der Waals surface area (Å²) in [5.41, 5.74) is 4.58. The molecule has 0 saturated heterocycles. The van der Waals surface area contributed by atoms with Crippen molar-refractivity contribution in [1.82, 2.24) is 9.38 Å². The van der Waals surface area contributed by atoms with Crippen molar-refractivity contribution < 1.29 is 0 Å². The first-order valence-corrected chi connectivity index (χ1v) is 8.65. The van der Waals surface area contributed by atoms with E-state index in [1.165, 1.54) is 5.56 Å². The molecule has 0 radical (unpaired) electrons. The number of benzene rings is 2. The van der Waals surface area contributed by atoms with Gasteiger partial charge in [-0.1, -0.05) is 47.9 Å².